The van der Waals surface area contributed by atoms with Gasteiger partial charge in [0.25, 0.3) is 0 Å². The van der Waals surface area contributed by atoms with Crippen molar-refractivity contribution < 1.29 is 9.32 Å². The lowest BCUT2D eigenvalue weighted by atomic mass is 9.49. The zero-order valence-corrected chi connectivity index (χ0v) is 14.1. The number of nitrogens with zero attached hydrogens (tertiary/aromatic N) is 2. The number of carbonyl (C=O) groups excluding carboxylic acids is 1. The standard InChI is InChI=1S/C18H26N4O2/c23-16(14-2-1-3-19-14)20-10-15-21-17(22-24-15)18-7-11-4-12(8-18)6-13(5-11)9-18/h11-14,19H,1-10H2,(H,20,23). The Morgan fingerprint density at radius 2 is 1.92 bits per heavy atom. The van der Waals surface area contributed by atoms with Gasteiger partial charge in [-0.2, -0.15) is 4.98 Å². The van der Waals surface area contributed by atoms with Crippen LogP contribution in [0.15, 0.2) is 4.52 Å². The molecule has 1 atom stereocenters. The van der Waals surface area contributed by atoms with Crippen LogP contribution in [0.5, 0.6) is 0 Å². The van der Waals surface area contributed by atoms with Gasteiger partial charge >= 0.3 is 0 Å². The molecule has 4 saturated carbocycles. The van der Waals surface area contributed by atoms with E-state index in [9.17, 15) is 4.79 Å². The average Bonchev–Trinajstić information content (AvgIpc) is 3.23. The molecule has 1 amide bonds. The van der Waals surface area contributed by atoms with E-state index in [0.29, 0.717) is 12.4 Å². The smallest absolute Gasteiger partial charge is 0.246 e. The van der Waals surface area contributed by atoms with Gasteiger partial charge in [-0.05, 0) is 75.7 Å². The fraction of sp³-hybridized carbons (Fsp3) is 0.833. The summed E-state index contributed by atoms with van der Waals surface area (Å²) in [5, 5.41) is 10.5. The first-order valence-electron chi connectivity index (χ1n) is 9.54. The second-order valence-electron chi connectivity index (χ2n) is 8.58. The lowest BCUT2D eigenvalue weighted by Crippen LogP contribution is -2.49. The fourth-order valence-corrected chi connectivity index (χ4v) is 6.12. The summed E-state index contributed by atoms with van der Waals surface area (Å²) in [6, 6.07) is -0.0597. The van der Waals surface area contributed by atoms with Crippen LogP contribution < -0.4 is 10.6 Å². The number of aromatic nitrogens is 2. The quantitative estimate of drug-likeness (QED) is 0.881. The van der Waals surface area contributed by atoms with E-state index in [2.05, 4.69) is 20.8 Å². The van der Waals surface area contributed by atoms with Gasteiger partial charge in [0.2, 0.25) is 11.8 Å². The lowest BCUT2D eigenvalue weighted by molar-refractivity contribution is -0.123. The molecule has 0 aromatic carbocycles. The first kappa shape index (κ1) is 14.9. The zero-order chi connectivity index (χ0) is 16.1. The van der Waals surface area contributed by atoms with Gasteiger partial charge in [0.15, 0.2) is 5.82 Å². The highest BCUT2D eigenvalue weighted by Crippen LogP contribution is 2.60. The van der Waals surface area contributed by atoms with E-state index < -0.39 is 0 Å². The van der Waals surface area contributed by atoms with Crippen LogP contribution in [0.25, 0.3) is 0 Å². The van der Waals surface area contributed by atoms with Gasteiger partial charge < -0.3 is 15.2 Å². The number of amides is 1. The topological polar surface area (TPSA) is 80.1 Å². The Hall–Kier alpha value is -1.43. The third kappa shape index (κ3) is 2.46. The van der Waals surface area contributed by atoms with Crippen molar-refractivity contribution in [1.29, 1.82) is 0 Å². The summed E-state index contributed by atoms with van der Waals surface area (Å²) < 4.78 is 5.47. The van der Waals surface area contributed by atoms with Crippen molar-refractivity contribution in [3.05, 3.63) is 11.7 Å². The molecule has 6 rings (SSSR count). The number of rotatable bonds is 4. The number of carbonyl (C=O) groups is 1. The fourth-order valence-electron chi connectivity index (χ4n) is 6.12. The summed E-state index contributed by atoms with van der Waals surface area (Å²) in [5.74, 6) is 4.10. The van der Waals surface area contributed by atoms with E-state index in [0.717, 1.165) is 43.0 Å². The molecule has 1 aliphatic heterocycles. The predicted octanol–water partition coefficient (Wildman–Crippen LogP) is 1.91. The largest absolute Gasteiger partial charge is 0.346 e. The van der Waals surface area contributed by atoms with Gasteiger partial charge in [-0.15, -0.1) is 0 Å². The predicted molar refractivity (Wildman–Crippen MR) is 87.0 cm³/mol. The molecule has 0 radical (unpaired) electrons. The molecule has 2 heterocycles. The number of nitrogens with one attached hydrogen (secondary N) is 2. The van der Waals surface area contributed by atoms with E-state index in [1.54, 1.807) is 0 Å². The third-order valence-corrected chi connectivity index (χ3v) is 6.77. The van der Waals surface area contributed by atoms with E-state index in [-0.39, 0.29) is 17.4 Å². The monoisotopic (exact) mass is 330 g/mol. The Bertz CT molecular complexity index is 599. The molecule has 6 nitrogen and oxygen atoms in total. The Balaban J connectivity index is 1.27. The lowest BCUT2D eigenvalue weighted by Gasteiger charge is -2.55. The summed E-state index contributed by atoms with van der Waals surface area (Å²) >= 11 is 0. The van der Waals surface area contributed by atoms with Crippen LogP contribution in [0, 0.1) is 17.8 Å². The minimum atomic E-state index is -0.0597. The van der Waals surface area contributed by atoms with E-state index >= 15 is 0 Å². The van der Waals surface area contributed by atoms with Crippen LogP contribution in [0.4, 0.5) is 0 Å². The third-order valence-electron chi connectivity index (χ3n) is 6.77. The van der Waals surface area contributed by atoms with Crippen LogP contribution in [0.3, 0.4) is 0 Å². The van der Waals surface area contributed by atoms with Crippen molar-refractivity contribution in [3.63, 3.8) is 0 Å². The highest BCUT2D eigenvalue weighted by Gasteiger charge is 2.53. The normalized spacial score (nSPS) is 40.2. The highest BCUT2D eigenvalue weighted by molar-refractivity contribution is 5.81. The highest BCUT2D eigenvalue weighted by atomic mass is 16.5. The Kier molecular flexibility index (Phi) is 3.44. The molecule has 1 unspecified atom stereocenters. The summed E-state index contributed by atoms with van der Waals surface area (Å²) in [7, 11) is 0. The summed E-state index contributed by atoms with van der Waals surface area (Å²) in [6.07, 6.45) is 9.91. The van der Waals surface area contributed by atoms with Gasteiger partial charge in [0.1, 0.15) is 0 Å². The van der Waals surface area contributed by atoms with Gasteiger partial charge in [-0.25, -0.2) is 0 Å². The molecule has 24 heavy (non-hydrogen) atoms. The molecular weight excluding hydrogens is 304 g/mol. The van der Waals surface area contributed by atoms with Gasteiger partial charge in [0.05, 0.1) is 12.6 Å². The van der Waals surface area contributed by atoms with Crippen LogP contribution in [-0.2, 0) is 16.8 Å². The zero-order valence-electron chi connectivity index (χ0n) is 14.1. The van der Waals surface area contributed by atoms with Crippen molar-refractivity contribution in [2.75, 3.05) is 6.54 Å². The summed E-state index contributed by atoms with van der Waals surface area (Å²) in [4.78, 5) is 16.8. The SMILES string of the molecule is O=C(NCc1nc(C23CC4CC(CC(C4)C2)C3)no1)C1CCCN1. The summed E-state index contributed by atoms with van der Waals surface area (Å²) in [5.41, 5.74) is 0.160. The Morgan fingerprint density at radius 1 is 1.21 bits per heavy atom. The Labute approximate surface area is 142 Å². The van der Waals surface area contributed by atoms with Crippen molar-refractivity contribution in [2.24, 2.45) is 17.8 Å². The van der Waals surface area contributed by atoms with Gasteiger partial charge in [-0.3, -0.25) is 4.79 Å². The Morgan fingerprint density at radius 3 is 2.54 bits per heavy atom. The number of hydrogen-bond acceptors (Lipinski definition) is 5. The minimum Gasteiger partial charge on any atom is -0.346 e. The van der Waals surface area contributed by atoms with Crippen LogP contribution >= 0.6 is 0 Å². The van der Waals surface area contributed by atoms with Crippen LogP contribution in [-0.4, -0.2) is 28.6 Å². The molecule has 4 bridgehead atoms. The maximum atomic E-state index is 12.1. The molecule has 5 fully saturated rings. The first-order chi connectivity index (χ1) is 11.7. The summed E-state index contributed by atoms with van der Waals surface area (Å²) in [6.45, 7) is 1.27. The van der Waals surface area contributed by atoms with E-state index in [1.807, 2.05) is 0 Å². The van der Waals surface area contributed by atoms with E-state index in [1.165, 1.54) is 38.5 Å². The number of hydrogen-bond donors (Lipinski definition) is 2. The molecule has 5 aliphatic rings. The van der Waals surface area contributed by atoms with E-state index in [4.69, 9.17) is 4.52 Å². The second-order valence-corrected chi connectivity index (χ2v) is 8.58. The maximum absolute atomic E-state index is 12.1. The molecular formula is C18H26N4O2. The van der Waals surface area contributed by atoms with Crippen molar-refractivity contribution >= 4 is 5.91 Å². The minimum absolute atomic E-state index is 0.0436. The molecule has 1 aromatic heterocycles. The first-order valence-corrected chi connectivity index (χ1v) is 9.54. The molecule has 1 aromatic rings. The molecule has 4 aliphatic carbocycles. The maximum Gasteiger partial charge on any atom is 0.246 e. The van der Waals surface area contributed by atoms with Gasteiger partial charge in [0, 0.05) is 5.41 Å². The molecule has 130 valence electrons. The molecule has 2 N–H and O–H groups in total. The van der Waals surface area contributed by atoms with Crippen LogP contribution in [0.2, 0.25) is 0 Å². The van der Waals surface area contributed by atoms with Crippen molar-refractivity contribution in [3.8, 4) is 0 Å². The second kappa shape index (κ2) is 5.55. The van der Waals surface area contributed by atoms with Crippen molar-refractivity contribution in [1.82, 2.24) is 20.8 Å². The average molecular weight is 330 g/mol. The van der Waals surface area contributed by atoms with Gasteiger partial charge in [-0.1, -0.05) is 5.16 Å². The molecule has 1 saturated heterocycles. The molecule has 0 spiro atoms. The molecule has 6 heteroatoms. The van der Waals surface area contributed by atoms with Crippen LogP contribution in [0.1, 0.15) is 63.1 Å². The van der Waals surface area contributed by atoms with Crippen molar-refractivity contribution in [2.45, 2.75) is 69.4 Å².